The zero-order valence-electron chi connectivity index (χ0n) is 9.19. The number of nitrogens with one attached hydrogen (secondary N) is 1. The molecule has 0 heterocycles. The van der Waals surface area contributed by atoms with Crippen LogP contribution in [-0.4, -0.2) is 52.9 Å². The van der Waals surface area contributed by atoms with Gasteiger partial charge in [0.2, 0.25) is 5.91 Å². The summed E-state index contributed by atoms with van der Waals surface area (Å²) < 4.78 is 0. The Labute approximate surface area is 94.4 Å². The maximum Gasteiger partial charge on any atom is 0.237 e. The van der Waals surface area contributed by atoms with Crippen LogP contribution in [0.4, 0.5) is 0 Å². The summed E-state index contributed by atoms with van der Waals surface area (Å²) in [5, 5.41) is 20.5. The molecule has 0 radical (unpaired) electrons. The first kappa shape index (κ1) is 14.7. The Morgan fingerprint density at radius 1 is 1.53 bits per heavy atom. The van der Waals surface area contributed by atoms with Gasteiger partial charge in [-0.1, -0.05) is 0 Å². The highest BCUT2D eigenvalue weighted by atomic mass is 32.2. The number of amides is 1. The predicted octanol–water partition coefficient (Wildman–Crippen LogP) is -1.07. The van der Waals surface area contributed by atoms with E-state index in [4.69, 9.17) is 15.9 Å². The largest absolute Gasteiger partial charge is 0.394 e. The minimum atomic E-state index is -0.992. The van der Waals surface area contributed by atoms with Crippen molar-refractivity contribution in [2.75, 3.05) is 25.2 Å². The minimum absolute atomic E-state index is 0.315. The van der Waals surface area contributed by atoms with Crippen LogP contribution >= 0.6 is 11.8 Å². The molecule has 0 saturated carbocycles. The third-order valence-electron chi connectivity index (χ3n) is 2.09. The average Bonchev–Trinajstić information content (AvgIpc) is 2.25. The zero-order valence-corrected chi connectivity index (χ0v) is 10.0. The van der Waals surface area contributed by atoms with Gasteiger partial charge < -0.3 is 21.3 Å². The molecule has 0 saturated heterocycles. The Morgan fingerprint density at radius 2 is 2.07 bits per heavy atom. The maximum absolute atomic E-state index is 11.5. The topological polar surface area (TPSA) is 95.6 Å². The second-order valence-corrected chi connectivity index (χ2v) is 4.74. The number of thioether (sulfide) groups is 1. The molecule has 0 aromatic heterocycles. The second-order valence-electron chi connectivity index (χ2n) is 3.75. The van der Waals surface area contributed by atoms with Crippen molar-refractivity contribution >= 4 is 17.7 Å². The van der Waals surface area contributed by atoms with Crippen LogP contribution in [0.15, 0.2) is 0 Å². The van der Waals surface area contributed by atoms with E-state index >= 15 is 0 Å². The summed E-state index contributed by atoms with van der Waals surface area (Å²) in [6.45, 7) is 0.932. The first-order valence-corrected chi connectivity index (χ1v) is 6.16. The highest BCUT2D eigenvalue weighted by molar-refractivity contribution is 7.98. The fourth-order valence-corrected chi connectivity index (χ4v) is 1.38. The number of aliphatic hydroxyl groups is 2. The second kappa shape index (κ2) is 7.05. The number of nitrogens with two attached hydrogens (primary N) is 1. The predicted molar refractivity (Wildman–Crippen MR) is 61.7 cm³/mol. The summed E-state index contributed by atoms with van der Waals surface area (Å²) >= 11 is 1.62. The highest BCUT2D eigenvalue weighted by Crippen LogP contribution is 2.03. The van der Waals surface area contributed by atoms with Crippen molar-refractivity contribution in [2.45, 2.75) is 24.9 Å². The zero-order chi connectivity index (χ0) is 11.9. The van der Waals surface area contributed by atoms with E-state index in [-0.39, 0.29) is 19.1 Å². The number of carbonyl (C=O) groups excluding carboxylic acids is 1. The molecule has 0 aliphatic carbocycles. The van der Waals surface area contributed by atoms with Gasteiger partial charge >= 0.3 is 0 Å². The number of hydrogen-bond donors (Lipinski definition) is 4. The summed E-state index contributed by atoms with van der Waals surface area (Å²) in [4.78, 5) is 11.5. The van der Waals surface area contributed by atoms with Gasteiger partial charge in [-0.15, -0.1) is 0 Å². The van der Waals surface area contributed by atoms with Gasteiger partial charge in [-0.25, -0.2) is 0 Å². The normalized spacial score (nSPS) is 13.7. The average molecular weight is 236 g/mol. The molecule has 6 heteroatoms. The smallest absolute Gasteiger partial charge is 0.237 e. The molecule has 5 N–H and O–H groups in total. The molecular weight excluding hydrogens is 216 g/mol. The van der Waals surface area contributed by atoms with Gasteiger partial charge in [0, 0.05) is 0 Å². The summed E-state index contributed by atoms with van der Waals surface area (Å²) in [5.41, 5.74) is 4.64. The maximum atomic E-state index is 11.5. The van der Waals surface area contributed by atoms with Crippen LogP contribution in [0.2, 0.25) is 0 Å². The molecule has 5 nitrogen and oxygen atoms in total. The Hall–Kier alpha value is -0.300. The Balaban J connectivity index is 4.10. The number of hydrogen-bond acceptors (Lipinski definition) is 5. The van der Waals surface area contributed by atoms with Gasteiger partial charge in [-0.2, -0.15) is 11.8 Å². The monoisotopic (exact) mass is 236 g/mol. The summed E-state index contributed by atoms with van der Waals surface area (Å²) in [5.74, 6) is 0.471. The molecule has 15 heavy (non-hydrogen) atoms. The molecule has 1 amide bonds. The molecule has 90 valence electrons. The molecular formula is C9H20N2O3S. The van der Waals surface area contributed by atoms with Crippen LogP contribution in [0.25, 0.3) is 0 Å². The van der Waals surface area contributed by atoms with Gasteiger partial charge in [-0.3, -0.25) is 4.79 Å². The lowest BCUT2D eigenvalue weighted by Crippen LogP contribution is -2.56. The minimum Gasteiger partial charge on any atom is -0.394 e. The molecule has 0 aliphatic rings. The van der Waals surface area contributed by atoms with Gasteiger partial charge in [-0.05, 0) is 25.4 Å². The van der Waals surface area contributed by atoms with Gasteiger partial charge in [0.15, 0.2) is 0 Å². The van der Waals surface area contributed by atoms with Crippen LogP contribution in [0.5, 0.6) is 0 Å². The molecule has 0 aromatic rings. The van der Waals surface area contributed by atoms with Crippen molar-refractivity contribution in [3.8, 4) is 0 Å². The molecule has 1 atom stereocenters. The molecule has 0 fully saturated rings. The first-order chi connectivity index (χ1) is 6.99. The van der Waals surface area contributed by atoms with E-state index in [2.05, 4.69) is 5.32 Å². The van der Waals surface area contributed by atoms with Crippen LogP contribution in [-0.2, 0) is 4.79 Å². The van der Waals surface area contributed by atoms with Gasteiger partial charge in [0.25, 0.3) is 0 Å². The number of carbonyl (C=O) groups is 1. The number of aliphatic hydroxyl groups excluding tert-OH is 2. The van der Waals surface area contributed by atoms with Crippen molar-refractivity contribution < 1.29 is 15.0 Å². The fraction of sp³-hybridized carbons (Fsp3) is 0.889. The van der Waals surface area contributed by atoms with Crippen molar-refractivity contribution in [3.63, 3.8) is 0 Å². The standard InChI is InChI=1S/C9H20N2O3S/c1-9(5-12,6-13)11-8(14)7(10)3-4-15-2/h7,12-13H,3-6,10H2,1-2H3,(H,11,14)/t7-/m1/s1. The van der Waals surface area contributed by atoms with E-state index in [1.807, 2.05) is 6.26 Å². The summed E-state index contributed by atoms with van der Waals surface area (Å²) in [6, 6.07) is -0.588. The van der Waals surface area contributed by atoms with E-state index < -0.39 is 11.6 Å². The van der Waals surface area contributed by atoms with E-state index in [0.717, 1.165) is 5.75 Å². The van der Waals surface area contributed by atoms with E-state index in [1.54, 1.807) is 18.7 Å². The molecule has 0 rings (SSSR count). The number of rotatable bonds is 7. The van der Waals surface area contributed by atoms with Crippen molar-refractivity contribution in [3.05, 3.63) is 0 Å². The summed E-state index contributed by atoms with van der Waals surface area (Å²) in [6.07, 6.45) is 2.52. The Kier molecular flexibility index (Phi) is 6.91. The highest BCUT2D eigenvalue weighted by Gasteiger charge is 2.26. The van der Waals surface area contributed by atoms with Gasteiger partial charge in [0.1, 0.15) is 0 Å². The van der Waals surface area contributed by atoms with Crippen LogP contribution in [0, 0.1) is 0 Å². The van der Waals surface area contributed by atoms with E-state index in [0.29, 0.717) is 6.42 Å². The first-order valence-electron chi connectivity index (χ1n) is 4.77. The molecule has 0 aliphatic heterocycles. The van der Waals surface area contributed by atoms with E-state index in [9.17, 15) is 4.79 Å². The lowest BCUT2D eigenvalue weighted by atomic mass is 10.0. The van der Waals surface area contributed by atoms with Crippen LogP contribution < -0.4 is 11.1 Å². The van der Waals surface area contributed by atoms with Crippen LogP contribution in [0.1, 0.15) is 13.3 Å². The van der Waals surface area contributed by atoms with Crippen molar-refractivity contribution in [2.24, 2.45) is 5.73 Å². The SMILES string of the molecule is CSCC[C@@H](N)C(=O)NC(C)(CO)CO. The van der Waals surface area contributed by atoms with Crippen molar-refractivity contribution in [1.29, 1.82) is 0 Å². The van der Waals surface area contributed by atoms with Crippen LogP contribution in [0.3, 0.4) is 0 Å². The molecule has 0 unspecified atom stereocenters. The summed E-state index contributed by atoms with van der Waals surface area (Å²) in [7, 11) is 0. The molecule has 0 bridgehead atoms. The van der Waals surface area contributed by atoms with Gasteiger partial charge in [0.05, 0.1) is 24.8 Å². The lowest BCUT2D eigenvalue weighted by Gasteiger charge is -2.27. The Morgan fingerprint density at radius 3 is 2.47 bits per heavy atom. The quantitative estimate of drug-likeness (QED) is 0.451. The van der Waals surface area contributed by atoms with E-state index in [1.165, 1.54) is 0 Å². The fourth-order valence-electron chi connectivity index (χ4n) is 0.895. The molecule has 0 spiro atoms. The molecule has 0 aromatic carbocycles. The third-order valence-corrected chi connectivity index (χ3v) is 2.74. The third kappa shape index (κ3) is 5.36. The van der Waals surface area contributed by atoms with Crippen molar-refractivity contribution in [1.82, 2.24) is 5.32 Å². The lowest BCUT2D eigenvalue weighted by molar-refractivity contribution is -0.125. The Bertz CT molecular complexity index is 198.